The zero-order valence-electron chi connectivity index (χ0n) is 19.3. The van der Waals surface area contributed by atoms with Crippen LogP contribution in [0.4, 0.5) is 23.1 Å². The van der Waals surface area contributed by atoms with Crippen molar-refractivity contribution in [3.05, 3.63) is 65.9 Å². The number of ketones is 1. The number of Topliss-reactive ketones (excluding diaryl/α,β-unsaturated/α-hetero) is 1. The summed E-state index contributed by atoms with van der Waals surface area (Å²) in [5, 5.41) is 2.81. The predicted octanol–water partition coefficient (Wildman–Crippen LogP) is 3.24. The minimum Gasteiger partial charge on any atom is -0.494 e. The van der Waals surface area contributed by atoms with Crippen LogP contribution in [0.5, 0.6) is 5.75 Å². The minimum atomic E-state index is -0.368. The standard InChI is InChI=1S/C25H28N6O3/c1-3-34-21-10-6-19(7-11-21)28-24(33)22-16-27-25(29-23(22)26)31-14-12-30(13-15-31)20-8-4-18(5-9-20)17(2)32/h4-11,16H,3,12-15H2,1-2H3,(H,28,33)(H2,26,27,29). The van der Waals surface area contributed by atoms with Gasteiger partial charge >= 0.3 is 0 Å². The third-order valence-corrected chi connectivity index (χ3v) is 5.67. The topological polar surface area (TPSA) is 114 Å². The molecule has 0 radical (unpaired) electrons. The molecular formula is C25H28N6O3. The third-order valence-electron chi connectivity index (χ3n) is 5.67. The van der Waals surface area contributed by atoms with Crippen molar-refractivity contribution in [2.75, 3.05) is 53.6 Å². The third kappa shape index (κ3) is 5.25. The first-order valence-corrected chi connectivity index (χ1v) is 11.2. The fraction of sp³-hybridized carbons (Fsp3) is 0.280. The normalized spacial score (nSPS) is 13.5. The second kappa shape index (κ2) is 10.2. The number of anilines is 4. The molecule has 1 aliphatic rings. The Morgan fingerprint density at radius 1 is 1.00 bits per heavy atom. The van der Waals surface area contributed by atoms with E-state index in [-0.39, 0.29) is 23.1 Å². The maximum Gasteiger partial charge on any atom is 0.260 e. The summed E-state index contributed by atoms with van der Waals surface area (Å²) < 4.78 is 5.41. The molecule has 0 aliphatic carbocycles. The van der Waals surface area contributed by atoms with Gasteiger partial charge in [0.25, 0.3) is 5.91 Å². The molecule has 176 valence electrons. The van der Waals surface area contributed by atoms with E-state index in [2.05, 4.69) is 20.2 Å². The first-order valence-electron chi connectivity index (χ1n) is 11.2. The highest BCUT2D eigenvalue weighted by Gasteiger charge is 2.21. The van der Waals surface area contributed by atoms with E-state index in [1.807, 2.05) is 36.1 Å². The second-order valence-electron chi connectivity index (χ2n) is 7.96. The van der Waals surface area contributed by atoms with Crippen LogP contribution in [0.2, 0.25) is 0 Å². The number of nitrogens with one attached hydrogen (secondary N) is 1. The summed E-state index contributed by atoms with van der Waals surface area (Å²) in [5.41, 5.74) is 8.74. The van der Waals surface area contributed by atoms with Crippen molar-refractivity contribution in [2.45, 2.75) is 13.8 Å². The lowest BCUT2D eigenvalue weighted by Gasteiger charge is -2.36. The Hall–Kier alpha value is -4.14. The van der Waals surface area contributed by atoms with Crippen LogP contribution in [0, 0.1) is 0 Å². The van der Waals surface area contributed by atoms with E-state index in [4.69, 9.17) is 10.5 Å². The van der Waals surface area contributed by atoms with Gasteiger partial charge in [-0.15, -0.1) is 0 Å². The van der Waals surface area contributed by atoms with Crippen molar-refractivity contribution in [1.29, 1.82) is 0 Å². The van der Waals surface area contributed by atoms with E-state index >= 15 is 0 Å². The van der Waals surface area contributed by atoms with Crippen molar-refractivity contribution < 1.29 is 14.3 Å². The van der Waals surface area contributed by atoms with Crippen molar-refractivity contribution in [1.82, 2.24) is 9.97 Å². The number of ether oxygens (including phenoxy) is 1. The van der Waals surface area contributed by atoms with Crippen LogP contribution in [0.1, 0.15) is 34.6 Å². The number of amides is 1. The summed E-state index contributed by atoms with van der Waals surface area (Å²) in [5.74, 6) is 1.06. The molecule has 2 aromatic carbocycles. The Morgan fingerprint density at radius 3 is 2.24 bits per heavy atom. The highest BCUT2D eigenvalue weighted by molar-refractivity contribution is 6.07. The van der Waals surface area contributed by atoms with Crippen LogP contribution < -0.4 is 25.6 Å². The molecule has 1 saturated heterocycles. The SMILES string of the molecule is CCOc1ccc(NC(=O)c2cnc(N3CCN(c4ccc(C(C)=O)cc4)CC3)nc2N)cc1. The van der Waals surface area contributed by atoms with Crippen molar-refractivity contribution in [3.8, 4) is 5.75 Å². The number of nitrogens with two attached hydrogens (primary N) is 1. The van der Waals surface area contributed by atoms with E-state index in [1.165, 1.54) is 6.20 Å². The fourth-order valence-electron chi connectivity index (χ4n) is 3.78. The van der Waals surface area contributed by atoms with Crippen molar-refractivity contribution in [2.24, 2.45) is 0 Å². The summed E-state index contributed by atoms with van der Waals surface area (Å²) in [6, 6.07) is 14.8. The highest BCUT2D eigenvalue weighted by atomic mass is 16.5. The Balaban J connectivity index is 1.36. The van der Waals surface area contributed by atoms with Crippen LogP contribution >= 0.6 is 0 Å². The number of hydrogen-bond acceptors (Lipinski definition) is 8. The summed E-state index contributed by atoms with van der Waals surface area (Å²) >= 11 is 0. The van der Waals surface area contributed by atoms with Crippen LogP contribution in [0.15, 0.2) is 54.7 Å². The molecule has 3 aromatic rings. The fourth-order valence-corrected chi connectivity index (χ4v) is 3.78. The summed E-state index contributed by atoms with van der Waals surface area (Å²) in [7, 11) is 0. The number of rotatable bonds is 7. The van der Waals surface area contributed by atoms with Crippen molar-refractivity contribution >= 4 is 34.8 Å². The number of aromatic nitrogens is 2. The van der Waals surface area contributed by atoms with Gasteiger partial charge in [0.15, 0.2) is 5.78 Å². The van der Waals surface area contributed by atoms with Gasteiger partial charge in [0, 0.05) is 49.3 Å². The van der Waals surface area contributed by atoms with Gasteiger partial charge in [-0.1, -0.05) is 0 Å². The van der Waals surface area contributed by atoms with Gasteiger partial charge in [-0.05, 0) is 62.4 Å². The maximum atomic E-state index is 12.7. The monoisotopic (exact) mass is 460 g/mol. The van der Waals surface area contributed by atoms with Gasteiger partial charge in [-0.3, -0.25) is 9.59 Å². The van der Waals surface area contributed by atoms with Crippen LogP contribution in [0.25, 0.3) is 0 Å². The molecule has 1 fully saturated rings. The number of nitrogen functional groups attached to an aromatic ring is 1. The van der Waals surface area contributed by atoms with Gasteiger partial charge in [-0.2, -0.15) is 4.98 Å². The zero-order valence-corrected chi connectivity index (χ0v) is 19.3. The molecule has 0 saturated carbocycles. The zero-order chi connectivity index (χ0) is 24.1. The average Bonchev–Trinajstić information content (AvgIpc) is 2.85. The highest BCUT2D eigenvalue weighted by Crippen LogP contribution is 2.22. The van der Waals surface area contributed by atoms with Crippen LogP contribution in [-0.2, 0) is 0 Å². The van der Waals surface area contributed by atoms with Gasteiger partial charge in [0.1, 0.15) is 17.1 Å². The molecule has 1 aromatic heterocycles. The van der Waals surface area contributed by atoms with E-state index in [0.717, 1.165) is 24.5 Å². The number of carbonyl (C=O) groups is 2. The van der Waals surface area contributed by atoms with E-state index in [1.54, 1.807) is 31.2 Å². The molecule has 1 aliphatic heterocycles. The largest absolute Gasteiger partial charge is 0.494 e. The second-order valence-corrected chi connectivity index (χ2v) is 7.96. The van der Waals surface area contributed by atoms with Crippen LogP contribution in [-0.4, -0.2) is 54.4 Å². The molecule has 0 bridgehead atoms. The first kappa shape index (κ1) is 23.0. The van der Waals surface area contributed by atoms with Gasteiger partial charge in [0.2, 0.25) is 5.95 Å². The van der Waals surface area contributed by atoms with Gasteiger partial charge in [-0.25, -0.2) is 4.98 Å². The quantitative estimate of drug-likeness (QED) is 0.517. The summed E-state index contributed by atoms with van der Waals surface area (Å²) in [4.78, 5) is 37.2. The van der Waals surface area contributed by atoms with E-state index in [9.17, 15) is 9.59 Å². The smallest absolute Gasteiger partial charge is 0.260 e. The molecule has 0 atom stereocenters. The molecule has 1 amide bonds. The van der Waals surface area contributed by atoms with Crippen molar-refractivity contribution in [3.63, 3.8) is 0 Å². The number of hydrogen-bond donors (Lipinski definition) is 2. The summed E-state index contributed by atoms with van der Waals surface area (Å²) in [6.45, 7) is 7.05. The molecule has 0 spiro atoms. The molecule has 0 unspecified atom stereocenters. The van der Waals surface area contributed by atoms with E-state index in [0.29, 0.717) is 36.9 Å². The molecular weight excluding hydrogens is 432 g/mol. The number of nitrogens with zero attached hydrogens (tertiary/aromatic N) is 4. The number of benzene rings is 2. The van der Waals surface area contributed by atoms with Gasteiger partial charge < -0.3 is 25.6 Å². The Morgan fingerprint density at radius 2 is 1.65 bits per heavy atom. The Kier molecular flexibility index (Phi) is 6.91. The Labute approximate surface area is 198 Å². The first-order chi connectivity index (χ1) is 16.4. The van der Waals surface area contributed by atoms with Crippen LogP contribution in [0.3, 0.4) is 0 Å². The predicted molar refractivity (Wildman–Crippen MR) is 133 cm³/mol. The molecule has 34 heavy (non-hydrogen) atoms. The average molecular weight is 461 g/mol. The number of carbonyl (C=O) groups excluding carboxylic acids is 2. The lowest BCUT2D eigenvalue weighted by molar-refractivity contribution is 0.101. The van der Waals surface area contributed by atoms with E-state index < -0.39 is 0 Å². The lowest BCUT2D eigenvalue weighted by Crippen LogP contribution is -2.47. The molecule has 4 rings (SSSR count). The summed E-state index contributed by atoms with van der Waals surface area (Å²) in [6.07, 6.45) is 1.47. The van der Waals surface area contributed by atoms with Gasteiger partial charge in [0.05, 0.1) is 6.61 Å². The molecule has 9 heteroatoms. The lowest BCUT2D eigenvalue weighted by atomic mass is 10.1. The Bertz CT molecular complexity index is 1160. The maximum absolute atomic E-state index is 12.7. The minimum absolute atomic E-state index is 0.0581. The molecule has 9 nitrogen and oxygen atoms in total. The number of piperazine rings is 1. The molecule has 2 heterocycles. The molecule has 3 N–H and O–H groups in total.